The normalized spacial score (nSPS) is 79.9. The Morgan fingerprint density at radius 3 is 1.05 bits per heavy atom. The lowest BCUT2D eigenvalue weighted by Crippen LogP contribution is -2.98. The SMILES string of the molecule is ClC1(Cl)C2(Cl)C3C4(Cl)C1(Cl)C1(Cl)C4(Cl)C(Cl)(Cl)C3(Cl)C21Cl. The molecule has 6 saturated carbocycles. The van der Waals surface area contributed by atoms with E-state index in [0.29, 0.717) is 0 Å². The van der Waals surface area contributed by atoms with Gasteiger partial charge in [0.2, 0.25) is 0 Å². The number of hydrogen-bond acceptors (Lipinski definition) is 0. The Bertz CT molecular complexity index is 628. The third kappa shape index (κ3) is 0.721. The summed E-state index contributed by atoms with van der Waals surface area (Å²) in [5.74, 6) is -0.805. The van der Waals surface area contributed by atoms with Crippen LogP contribution in [0.15, 0.2) is 0 Å². The zero-order valence-corrected chi connectivity index (χ0v) is 17.6. The van der Waals surface area contributed by atoms with Crippen molar-refractivity contribution in [1.82, 2.24) is 0 Å². The van der Waals surface area contributed by atoms with Crippen molar-refractivity contribution in [2.75, 3.05) is 0 Å². The van der Waals surface area contributed by atoms with Crippen molar-refractivity contribution in [2.24, 2.45) is 5.92 Å². The highest BCUT2D eigenvalue weighted by molar-refractivity contribution is 6.78. The molecule has 0 aromatic rings. The monoisotopic (exact) mass is 506 g/mol. The van der Waals surface area contributed by atoms with E-state index in [4.69, 9.17) is 128 Å². The van der Waals surface area contributed by atoms with E-state index in [-0.39, 0.29) is 0 Å². The Morgan fingerprint density at radius 1 is 0.381 bits per heavy atom. The molecule has 11 heteroatoms. The summed E-state index contributed by atoms with van der Waals surface area (Å²) in [6, 6.07) is 0. The highest BCUT2D eigenvalue weighted by Gasteiger charge is 3.28. The average Bonchev–Trinajstić information content (AvgIpc) is 2.59. The first kappa shape index (κ1) is 16.4. The minimum absolute atomic E-state index is 0.805. The molecule has 0 nitrogen and oxygen atoms in total. The average molecular weight is 511 g/mol. The van der Waals surface area contributed by atoms with E-state index >= 15 is 0 Å². The first-order valence-corrected chi connectivity index (χ1v) is 9.85. The topological polar surface area (TPSA) is 0 Å². The fraction of sp³-hybridized carbons (Fsp3) is 1.00. The highest BCUT2D eigenvalue weighted by atomic mass is 35.5. The quantitative estimate of drug-likeness (QED) is 0.358. The molecule has 4 atom stereocenters. The minimum Gasteiger partial charge on any atom is -0.115 e. The first-order chi connectivity index (χ1) is 9.12. The molecule has 118 valence electrons. The summed E-state index contributed by atoms with van der Waals surface area (Å²) < 4.78 is -3.50. The van der Waals surface area contributed by atoms with E-state index < -0.39 is 48.7 Å². The third-order valence-corrected chi connectivity index (χ3v) is 16.0. The molecule has 4 bridgehead atoms. The van der Waals surface area contributed by atoms with Crippen molar-refractivity contribution in [3.8, 4) is 0 Å². The maximum Gasteiger partial charge on any atom is 0.162 e. The molecular formula is C10HCl11. The zero-order valence-electron chi connectivity index (χ0n) is 9.23. The maximum atomic E-state index is 6.79. The van der Waals surface area contributed by atoms with Crippen molar-refractivity contribution in [3.63, 3.8) is 0 Å². The molecule has 21 heavy (non-hydrogen) atoms. The zero-order chi connectivity index (χ0) is 16.1. The summed E-state index contributed by atoms with van der Waals surface area (Å²) in [6.07, 6.45) is 0. The predicted molar refractivity (Wildman–Crippen MR) is 92.5 cm³/mol. The lowest BCUT2D eigenvalue weighted by Gasteiger charge is -2.78. The summed E-state index contributed by atoms with van der Waals surface area (Å²) in [7, 11) is 0. The summed E-state index contributed by atoms with van der Waals surface area (Å²) in [5.41, 5.74) is 0. The number of hydrogen-bond donors (Lipinski definition) is 0. The number of halogens is 11. The van der Waals surface area contributed by atoms with Crippen LogP contribution in [0.25, 0.3) is 0 Å². The van der Waals surface area contributed by atoms with E-state index in [1.807, 2.05) is 0 Å². The van der Waals surface area contributed by atoms with Crippen molar-refractivity contribution >= 4 is 128 Å². The van der Waals surface area contributed by atoms with Crippen LogP contribution in [-0.2, 0) is 0 Å². The number of rotatable bonds is 0. The lowest BCUT2D eigenvalue weighted by molar-refractivity contribution is -0.0200. The van der Waals surface area contributed by atoms with Gasteiger partial charge >= 0.3 is 0 Å². The summed E-state index contributed by atoms with van der Waals surface area (Å²) >= 11 is 73.1. The molecule has 0 radical (unpaired) electrons. The Morgan fingerprint density at radius 2 is 0.714 bits per heavy atom. The lowest BCUT2D eigenvalue weighted by atomic mass is 9.42. The van der Waals surface area contributed by atoms with Crippen LogP contribution in [0.1, 0.15) is 0 Å². The Kier molecular flexibility index (Phi) is 2.46. The van der Waals surface area contributed by atoms with Crippen LogP contribution in [0.5, 0.6) is 0 Å². The van der Waals surface area contributed by atoms with E-state index in [0.717, 1.165) is 0 Å². The van der Waals surface area contributed by atoms with Crippen LogP contribution in [-0.4, -0.2) is 42.8 Å². The van der Waals surface area contributed by atoms with Gasteiger partial charge in [-0.15, -0.1) is 81.2 Å². The largest absolute Gasteiger partial charge is 0.162 e. The second-order valence-electron chi connectivity index (χ2n) is 6.35. The number of alkyl halides is 11. The molecule has 6 aliphatic rings. The van der Waals surface area contributed by atoms with Gasteiger partial charge in [-0.3, -0.25) is 0 Å². The van der Waals surface area contributed by atoms with Gasteiger partial charge in [0.1, 0.15) is 29.2 Å². The van der Waals surface area contributed by atoms with Crippen LogP contribution in [0, 0.1) is 5.92 Å². The van der Waals surface area contributed by atoms with Crippen molar-refractivity contribution < 1.29 is 0 Å². The third-order valence-electron chi connectivity index (χ3n) is 6.40. The smallest absolute Gasteiger partial charge is 0.115 e. The maximum absolute atomic E-state index is 6.79. The Hall–Kier alpha value is 3.19. The van der Waals surface area contributed by atoms with Crippen LogP contribution in [0.4, 0.5) is 0 Å². The van der Waals surface area contributed by atoms with Gasteiger partial charge in [0, 0.05) is 5.92 Å². The van der Waals surface area contributed by atoms with E-state index in [9.17, 15) is 0 Å². The van der Waals surface area contributed by atoms with Crippen molar-refractivity contribution in [3.05, 3.63) is 0 Å². The van der Waals surface area contributed by atoms with Crippen LogP contribution >= 0.6 is 128 Å². The van der Waals surface area contributed by atoms with Crippen LogP contribution < -0.4 is 0 Å². The summed E-state index contributed by atoms with van der Waals surface area (Å²) in [4.78, 5) is -11.0. The van der Waals surface area contributed by atoms with Gasteiger partial charge in [0.15, 0.2) is 8.67 Å². The molecule has 0 saturated heterocycles. The van der Waals surface area contributed by atoms with Crippen LogP contribution in [0.2, 0.25) is 0 Å². The minimum atomic E-state index is -1.75. The molecule has 6 fully saturated rings. The molecule has 0 amide bonds. The molecular weight excluding hydrogens is 510 g/mol. The van der Waals surface area contributed by atoms with Gasteiger partial charge in [-0.1, -0.05) is 46.4 Å². The fourth-order valence-electron chi connectivity index (χ4n) is 5.88. The molecule has 0 aromatic heterocycles. The molecule has 0 N–H and O–H groups in total. The predicted octanol–water partition coefficient (Wildman–Crippen LogP) is 5.86. The molecule has 0 heterocycles. The Balaban J connectivity index is 2.03. The molecule has 4 unspecified atom stereocenters. The summed E-state index contributed by atoms with van der Waals surface area (Å²) in [5, 5.41) is 0. The van der Waals surface area contributed by atoms with Crippen molar-refractivity contribution in [2.45, 2.75) is 42.8 Å². The van der Waals surface area contributed by atoms with Crippen LogP contribution in [0.3, 0.4) is 0 Å². The van der Waals surface area contributed by atoms with Gasteiger partial charge in [-0.2, -0.15) is 0 Å². The summed E-state index contributed by atoms with van der Waals surface area (Å²) in [6.45, 7) is 0. The second kappa shape index (κ2) is 3.15. The van der Waals surface area contributed by atoms with Gasteiger partial charge in [0.25, 0.3) is 0 Å². The van der Waals surface area contributed by atoms with Gasteiger partial charge in [0.05, 0.1) is 4.87 Å². The van der Waals surface area contributed by atoms with Gasteiger partial charge in [-0.05, 0) is 0 Å². The van der Waals surface area contributed by atoms with E-state index in [2.05, 4.69) is 0 Å². The molecule has 6 aliphatic carbocycles. The second-order valence-corrected chi connectivity index (χ2v) is 13.1. The molecule has 0 aliphatic heterocycles. The van der Waals surface area contributed by atoms with Gasteiger partial charge < -0.3 is 0 Å². The van der Waals surface area contributed by atoms with E-state index in [1.54, 1.807) is 0 Å². The Labute approximate surface area is 174 Å². The fourth-order valence-corrected chi connectivity index (χ4v) is 14.8. The van der Waals surface area contributed by atoms with Crippen molar-refractivity contribution in [1.29, 1.82) is 0 Å². The first-order valence-electron chi connectivity index (χ1n) is 5.69. The molecule has 6 rings (SSSR count). The van der Waals surface area contributed by atoms with Gasteiger partial charge in [-0.25, -0.2) is 0 Å². The standard InChI is InChI=1S/C10HCl11/c11-2-1-3(12)5(14)4(1,13)10(20,21)7(2,16)8(5,17)6(2,15)9(3,18)19/h1H. The highest BCUT2D eigenvalue weighted by Crippen LogP contribution is 3.11. The molecule has 0 spiro atoms. The molecule has 0 aromatic carbocycles. The van der Waals surface area contributed by atoms with E-state index in [1.165, 1.54) is 0 Å².